The van der Waals surface area contributed by atoms with Gasteiger partial charge in [-0.05, 0) is 15.9 Å². The number of hydrogen-bond acceptors (Lipinski definition) is 4. The standard InChI is InChI=1S/C11H15BrN4O2/c1-3-6-16-11(18)10(12)9(7-15-16)14-5-4-13-8(2)17/h3,7,14H,1,4-6H2,2H3,(H,13,17). The van der Waals surface area contributed by atoms with Crippen molar-refractivity contribution in [3.05, 3.63) is 33.7 Å². The maximum absolute atomic E-state index is 11.8. The lowest BCUT2D eigenvalue weighted by Gasteiger charge is -2.09. The zero-order valence-electron chi connectivity index (χ0n) is 10.1. The van der Waals surface area contributed by atoms with E-state index >= 15 is 0 Å². The highest BCUT2D eigenvalue weighted by molar-refractivity contribution is 9.10. The van der Waals surface area contributed by atoms with Gasteiger partial charge in [-0.2, -0.15) is 5.10 Å². The van der Waals surface area contributed by atoms with Gasteiger partial charge in [0.15, 0.2) is 0 Å². The molecule has 1 heterocycles. The summed E-state index contributed by atoms with van der Waals surface area (Å²) in [5.74, 6) is -0.0876. The van der Waals surface area contributed by atoms with Gasteiger partial charge in [0.25, 0.3) is 5.56 Å². The maximum atomic E-state index is 11.8. The summed E-state index contributed by atoms with van der Waals surface area (Å²) in [6, 6.07) is 0. The fraction of sp³-hybridized carbons (Fsp3) is 0.364. The Bertz CT molecular complexity index is 498. The van der Waals surface area contributed by atoms with E-state index in [1.807, 2.05) is 0 Å². The summed E-state index contributed by atoms with van der Waals surface area (Å²) in [4.78, 5) is 22.5. The van der Waals surface area contributed by atoms with Gasteiger partial charge in [-0.25, -0.2) is 4.68 Å². The second kappa shape index (κ2) is 6.95. The van der Waals surface area contributed by atoms with Crippen molar-refractivity contribution in [3.8, 4) is 0 Å². The summed E-state index contributed by atoms with van der Waals surface area (Å²) < 4.78 is 1.72. The Kier molecular flexibility index (Phi) is 5.57. The Morgan fingerprint density at radius 2 is 2.33 bits per heavy atom. The molecular formula is C11H15BrN4O2. The van der Waals surface area contributed by atoms with Crippen molar-refractivity contribution in [1.29, 1.82) is 0 Å². The van der Waals surface area contributed by atoms with Gasteiger partial charge in [0.2, 0.25) is 5.91 Å². The van der Waals surface area contributed by atoms with Crippen molar-refractivity contribution in [2.45, 2.75) is 13.5 Å². The van der Waals surface area contributed by atoms with Crippen LogP contribution in [-0.2, 0) is 11.3 Å². The number of allylic oxidation sites excluding steroid dienone is 1. The molecule has 1 amide bonds. The number of hydrogen-bond donors (Lipinski definition) is 2. The summed E-state index contributed by atoms with van der Waals surface area (Å²) in [5, 5.41) is 9.66. The van der Waals surface area contributed by atoms with Crippen LogP contribution in [0, 0.1) is 0 Å². The molecule has 18 heavy (non-hydrogen) atoms. The van der Waals surface area contributed by atoms with Gasteiger partial charge in [-0.15, -0.1) is 6.58 Å². The van der Waals surface area contributed by atoms with E-state index in [1.54, 1.807) is 12.3 Å². The van der Waals surface area contributed by atoms with Crippen LogP contribution in [0.25, 0.3) is 0 Å². The molecule has 0 saturated heterocycles. The van der Waals surface area contributed by atoms with Crippen molar-refractivity contribution in [3.63, 3.8) is 0 Å². The van der Waals surface area contributed by atoms with E-state index in [4.69, 9.17) is 0 Å². The van der Waals surface area contributed by atoms with E-state index in [0.717, 1.165) is 0 Å². The second-order valence-electron chi connectivity index (χ2n) is 3.56. The first-order valence-electron chi connectivity index (χ1n) is 5.41. The molecule has 0 bridgehead atoms. The van der Waals surface area contributed by atoms with E-state index < -0.39 is 0 Å². The van der Waals surface area contributed by atoms with E-state index in [0.29, 0.717) is 29.8 Å². The Labute approximate surface area is 113 Å². The highest BCUT2D eigenvalue weighted by Gasteiger charge is 2.07. The van der Waals surface area contributed by atoms with Gasteiger partial charge in [0, 0.05) is 20.0 Å². The molecule has 0 unspecified atom stereocenters. The summed E-state index contributed by atoms with van der Waals surface area (Å²) in [7, 11) is 0. The molecule has 0 aliphatic rings. The molecule has 0 atom stereocenters. The Morgan fingerprint density at radius 3 is 2.94 bits per heavy atom. The van der Waals surface area contributed by atoms with Crippen molar-refractivity contribution >= 4 is 27.5 Å². The molecule has 1 rings (SSSR count). The number of nitrogens with zero attached hydrogens (tertiary/aromatic N) is 2. The normalized spacial score (nSPS) is 9.89. The molecule has 6 nitrogen and oxygen atoms in total. The van der Waals surface area contributed by atoms with E-state index in [-0.39, 0.29) is 11.5 Å². The molecule has 0 fully saturated rings. The van der Waals surface area contributed by atoms with Crippen LogP contribution in [0.1, 0.15) is 6.92 Å². The maximum Gasteiger partial charge on any atom is 0.283 e. The Balaban J connectivity index is 2.67. The average Bonchev–Trinajstić information content (AvgIpc) is 2.33. The van der Waals surface area contributed by atoms with Crippen LogP contribution in [0.4, 0.5) is 5.69 Å². The fourth-order valence-corrected chi connectivity index (χ4v) is 1.72. The highest BCUT2D eigenvalue weighted by Crippen LogP contribution is 2.15. The number of aromatic nitrogens is 2. The minimum Gasteiger partial charge on any atom is -0.381 e. The van der Waals surface area contributed by atoms with Crippen molar-refractivity contribution in [1.82, 2.24) is 15.1 Å². The van der Waals surface area contributed by atoms with Crippen molar-refractivity contribution in [2.75, 3.05) is 18.4 Å². The Morgan fingerprint density at radius 1 is 1.61 bits per heavy atom. The van der Waals surface area contributed by atoms with Gasteiger partial charge in [0.1, 0.15) is 4.47 Å². The molecule has 2 N–H and O–H groups in total. The highest BCUT2D eigenvalue weighted by atomic mass is 79.9. The molecule has 1 aromatic heterocycles. The van der Waals surface area contributed by atoms with Crippen LogP contribution in [0.5, 0.6) is 0 Å². The topological polar surface area (TPSA) is 76.0 Å². The quantitative estimate of drug-likeness (QED) is 0.600. The fourth-order valence-electron chi connectivity index (χ4n) is 1.28. The van der Waals surface area contributed by atoms with E-state index in [2.05, 4.69) is 38.2 Å². The van der Waals surface area contributed by atoms with Crippen LogP contribution in [0.2, 0.25) is 0 Å². The third-order valence-electron chi connectivity index (χ3n) is 2.10. The predicted molar refractivity (Wildman–Crippen MR) is 73.6 cm³/mol. The van der Waals surface area contributed by atoms with Gasteiger partial charge in [-0.1, -0.05) is 6.08 Å². The SMILES string of the molecule is C=CCn1ncc(NCCNC(C)=O)c(Br)c1=O. The zero-order chi connectivity index (χ0) is 13.5. The molecule has 0 radical (unpaired) electrons. The summed E-state index contributed by atoms with van der Waals surface area (Å²) in [6.45, 7) is 6.37. The lowest BCUT2D eigenvalue weighted by atomic mass is 10.4. The number of amides is 1. The van der Waals surface area contributed by atoms with Crippen LogP contribution >= 0.6 is 15.9 Å². The lowest BCUT2D eigenvalue weighted by Crippen LogP contribution is -2.28. The molecule has 0 spiro atoms. The first-order chi connectivity index (χ1) is 8.56. The van der Waals surface area contributed by atoms with Gasteiger partial charge < -0.3 is 10.6 Å². The minimum atomic E-state index is -0.223. The monoisotopic (exact) mass is 314 g/mol. The van der Waals surface area contributed by atoms with E-state index in [1.165, 1.54) is 11.6 Å². The number of carbonyl (C=O) groups is 1. The van der Waals surface area contributed by atoms with Gasteiger partial charge in [-0.3, -0.25) is 9.59 Å². The van der Waals surface area contributed by atoms with Crippen LogP contribution < -0.4 is 16.2 Å². The number of nitrogens with one attached hydrogen (secondary N) is 2. The summed E-state index contributed by atoms with van der Waals surface area (Å²) >= 11 is 3.22. The van der Waals surface area contributed by atoms with Crippen LogP contribution in [0.3, 0.4) is 0 Å². The molecular weight excluding hydrogens is 300 g/mol. The molecule has 7 heteroatoms. The van der Waals surface area contributed by atoms with Crippen molar-refractivity contribution < 1.29 is 4.79 Å². The number of carbonyl (C=O) groups excluding carboxylic acids is 1. The average molecular weight is 315 g/mol. The number of anilines is 1. The molecule has 0 aliphatic heterocycles. The first kappa shape index (κ1) is 14.4. The molecule has 98 valence electrons. The second-order valence-corrected chi connectivity index (χ2v) is 4.35. The molecule has 0 saturated carbocycles. The predicted octanol–water partition coefficient (Wildman–Crippen LogP) is 0.740. The lowest BCUT2D eigenvalue weighted by molar-refractivity contribution is -0.118. The number of halogens is 1. The Hall–Kier alpha value is -1.63. The molecule has 0 aliphatic carbocycles. The molecule has 0 aromatic carbocycles. The van der Waals surface area contributed by atoms with Gasteiger partial charge >= 0.3 is 0 Å². The third-order valence-corrected chi connectivity index (χ3v) is 2.87. The third kappa shape index (κ3) is 3.99. The number of rotatable bonds is 6. The van der Waals surface area contributed by atoms with Crippen LogP contribution in [0.15, 0.2) is 28.1 Å². The smallest absolute Gasteiger partial charge is 0.283 e. The van der Waals surface area contributed by atoms with Gasteiger partial charge in [0.05, 0.1) is 18.4 Å². The first-order valence-corrected chi connectivity index (χ1v) is 6.20. The largest absolute Gasteiger partial charge is 0.381 e. The zero-order valence-corrected chi connectivity index (χ0v) is 11.7. The summed E-state index contributed by atoms with van der Waals surface area (Å²) in [6.07, 6.45) is 3.16. The summed E-state index contributed by atoms with van der Waals surface area (Å²) in [5.41, 5.74) is 0.380. The van der Waals surface area contributed by atoms with E-state index in [9.17, 15) is 9.59 Å². The van der Waals surface area contributed by atoms with Crippen LogP contribution in [-0.4, -0.2) is 28.8 Å². The molecule has 1 aromatic rings. The van der Waals surface area contributed by atoms with Crippen molar-refractivity contribution in [2.24, 2.45) is 0 Å². The minimum absolute atomic E-state index is 0.0876.